The standard InChI is InChI=1S/C23H24N2O3S/c1-4-17-10-12-19(13-11-17)21-24-20(15-29-21)23(27)28-16(2)22(26)25(3)14-18-8-6-5-7-9-18/h5-13,15-16H,4,14H2,1-3H3/t16-/m0/s1. The molecule has 1 amide bonds. The highest BCUT2D eigenvalue weighted by Crippen LogP contribution is 2.24. The predicted octanol–water partition coefficient (Wildman–Crippen LogP) is 4.58. The van der Waals surface area contributed by atoms with Gasteiger partial charge in [-0.05, 0) is 24.5 Å². The van der Waals surface area contributed by atoms with E-state index in [0.717, 1.165) is 22.6 Å². The Labute approximate surface area is 175 Å². The number of aromatic nitrogens is 1. The van der Waals surface area contributed by atoms with Gasteiger partial charge in [-0.15, -0.1) is 11.3 Å². The number of amides is 1. The number of nitrogens with zero attached hydrogens (tertiary/aromatic N) is 2. The van der Waals surface area contributed by atoms with Gasteiger partial charge in [0.05, 0.1) is 0 Å². The van der Waals surface area contributed by atoms with Crippen LogP contribution in [0.1, 0.15) is 35.5 Å². The van der Waals surface area contributed by atoms with Crippen molar-refractivity contribution in [3.05, 3.63) is 76.8 Å². The number of carbonyl (C=O) groups is 2. The zero-order valence-corrected chi connectivity index (χ0v) is 17.6. The number of hydrogen-bond acceptors (Lipinski definition) is 5. The van der Waals surface area contributed by atoms with E-state index in [0.29, 0.717) is 6.54 Å². The van der Waals surface area contributed by atoms with Gasteiger partial charge in [0, 0.05) is 24.5 Å². The molecule has 1 atom stereocenters. The summed E-state index contributed by atoms with van der Waals surface area (Å²) in [5, 5.41) is 2.41. The molecule has 0 unspecified atom stereocenters. The molecule has 2 aromatic carbocycles. The van der Waals surface area contributed by atoms with Gasteiger partial charge in [0.25, 0.3) is 5.91 Å². The fraction of sp³-hybridized carbons (Fsp3) is 0.261. The van der Waals surface area contributed by atoms with Crippen molar-refractivity contribution in [3.8, 4) is 10.6 Å². The SMILES string of the molecule is CCc1ccc(-c2nc(C(=O)O[C@@H](C)C(=O)N(C)Cc3ccccc3)cs2)cc1. The molecule has 5 nitrogen and oxygen atoms in total. The molecule has 0 radical (unpaired) electrons. The molecule has 0 saturated carbocycles. The molecular weight excluding hydrogens is 384 g/mol. The molecular formula is C23H24N2O3S. The minimum Gasteiger partial charge on any atom is -0.448 e. The molecule has 0 saturated heterocycles. The molecule has 0 fully saturated rings. The van der Waals surface area contributed by atoms with E-state index >= 15 is 0 Å². The van der Waals surface area contributed by atoms with Crippen molar-refractivity contribution >= 4 is 23.2 Å². The number of rotatable bonds is 7. The maximum atomic E-state index is 12.5. The zero-order valence-electron chi connectivity index (χ0n) is 16.8. The first-order valence-corrected chi connectivity index (χ1v) is 10.4. The van der Waals surface area contributed by atoms with Crippen LogP contribution in [0.2, 0.25) is 0 Å². The summed E-state index contributed by atoms with van der Waals surface area (Å²) in [6.45, 7) is 4.14. The van der Waals surface area contributed by atoms with Crippen LogP contribution < -0.4 is 0 Å². The van der Waals surface area contributed by atoms with Crippen LogP contribution in [-0.4, -0.2) is 34.9 Å². The smallest absolute Gasteiger partial charge is 0.358 e. The van der Waals surface area contributed by atoms with E-state index in [2.05, 4.69) is 24.0 Å². The monoisotopic (exact) mass is 408 g/mol. The van der Waals surface area contributed by atoms with Gasteiger partial charge in [-0.25, -0.2) is 9.78 Å². The third-order valence-corrected chi connectivity index (χ3v) is 5.48. The van der Waals surface area contributed by atoms with Gasteiger partial charge in [-0.3, -0.25) is 4.79 Å². The zero-order chi connectivity index (χ0) is 20.8. The predicted molar refractivity (Wildman–Crippen MR) is 115 cm³/mol. The fourth-order valence-corrected chi connectivity index (χ4v) is 3.70. The van der Waals surface area contributed by atoms with Crippen LogP contribution in [-0.2, 0) is 22.5 Å². The molecule has 3 rings (SSSR count). The van der Waals surface area contributed by atoms with Gasteiger partial charge in [-0.1, -0.05) is 61.5 Å². The maximum absolute atomic E-state index is 12.5. The van der Waals surface area contributed by atoms with Crippen molar-refractivity contribution in [1.82, 2.24) is 9.88 Å². The number of carbonyl (C=O) groups excluding carboxylic acids is 2. The molecule has 150 valence electrons. The lowest BCUT2D eigenvalue weighted by atomic mass is 10.1. The summed E-state index contributed by atoms with van der Waals surface area (Å²) < 4.78 is 5.36. The van der Waals surface area contributed by atoms with E-state index in [1.807, 2.05) is 42.5 Å². The first kappa shape index (κ1) is 20.7. The third kappa shape index (κ3) is 5.29. The number of ether oxygens (including phenoxy) is 1. The van der Waals surface area contributed by atoms with Crippen LogP contribution in [0.3, 0.4) is 0 Å². The van der Waals surface area contributed by atoms with Gasteiger partial charge in [0.2, 0.25) is 0 Å². The normalized spacial score (nSPS) is 11.7. The lowest BCUT2D eigenvalue weighted by Crippen LogP contribution is -2.37. The van der Waals surface area contributed by atoms with Crippen molar-refractivity contribution in [2.75, 3.05) is 7.05 Å². The second-order valence-corrected chi connectivity index (χ2v) is 7.67. The molecule has 1 heterocycles. The number of hydrogen-bond donors (Lipinski definition) is 0. The molecule has 0 bridgehead atoms. The summed E-state index contributed by atoms with van der Waals surface area (Å²) in [4.78, 5) is 30.9. The van der Waals surface area contributed by atoms with Crippen molar-refractivity contribution in [2.45, 2.75) is 32.9 Å². The Morgan fingerprint density at radius 2 is 1.76 bits per heavy atom. The van der Waals surface area contributed by atoms with Gasteiger partial charge in [-0.2, -0.15) is 0 Å². The molecule has 6 heteroatoms. The topological polar surface area (TPSA) is 59.5 Å². The summed E-state index contributed by atoms with van der Waals surface area (Å²) in [6, 6.07) is 17.8. The average molecular weight is 409 g/mol. The number of thiazole rings is 1. The first-order valence-electron chi connectivity index (χ1n) is 9.52. The quantitative estimate of drug-likeness (QED) is 0.537. The van der Waals surface area contributed by atoms with Crippen LogP contribution in [0.4, 0.5) is 0 Å². The van der Waals surface area contributed by atoms with Crippen LogP contribution in [0.15, 0.2) is 60.0 Å². The van der Waals surface area contributed by atoms with Crippen molar-refractivity contribution in [3.63, 3.8) is 0 Å². The molecule has 0 aliphatic carbocycles. The Morgan fingerprint density at radius 3 is 2.41 bits per heavy atom. The third-order valence-electron chi connectivity index (χ3n) is 4.59. The van der Waals surface area contributed by atoms with Crippen LogP contribution in [0.5, 0.6) is 0 Å². The van der Waals surface area contributed by atoms with Crippen LogP contribution in [0.25, 0.3) is 10.6 Å². The first-order chi connectivity index (χ1) is 14.0. The summed E-state index contributed by atoms with van der Waals surface area (Å²) in [7, 11) is 1.70. The van der Waals surface area contributed by atoms with Gasteiger partial charge < -0.3 is 9.64 Å². The van der Waals surface area contributed by atoms with E-state index < -0.39 is 12.1 Å². The Hall–Kier alpha value is -2.99. The van der Waals surface area contributed by atoms with E-state index in [-0.39, 0.29) is 11.6 Å². The Morgan fingerprint density at radius 1 is 1.07 bits per heavy atom. The van der Waals surface area contributed by atoms with Crippen LogP contribution in [0, 0.1) is 0 Å². The van der Waals surface area contributed by atoms with Gasteiger partial charge >= 0.3 is 5.97 Å². The van der Waals surface area contributed by atoms with E-state index in [4.69, 9.17) is 4.74 Å². The minimum absolute atomic E-state index is 0.218. The highest BCUT2D eigenvalue weighted by atomic mass is 32.1. The van der Waals surface area contributed by atoms with E-state index in [1.165, 1.54) is 16.9 Å². The Kier molecular flexibility index (Phi) is 6.77. The molecule has 29 heavy (non-hydrogen) atoms. The molecule has 0 N–H and O–H groups in total. The summed E-state index contributed by atoms with van der Waals surface area (Å²) >= 11 is 1.38. The number of benzene rings is 2. The second kappa shape index (κ2) is 9.47. The molecule has 3 aromatic rings. The maximum Gasteiger partial charge on any atom is 0.358 e. The Balaban J connectivity index is 1.60. The number of esters is 1. The highest BCUT2D eigenvalue weighted by Gasteiger charge is 2.23. The lowest BCUT2D eigenvalue weighted by molar-refractivity contribution is -0.139. The average Bonchev–Trinajstić information content (AvgIpc) is 3.24. The summed E-state index contributed by atoms with van der Waals surface area (Å²) in [5.74, 6) is -0.848. The van der Waals surface area contributed by atoms with Crippen molar-refractivity contribution < 1.29 is 14.3 Å². The largest absolute Gasteiger partial charge is 0.448 e. The van der Waals surface area contributed by atoms with Crippen LogP contribution >= 0.6 is 11.3 Å². The number of aryl methyl sites for hydroxylation is 1. The van der Waals surface area contributed by atoms with Crippen molar-refractivity contribution in [1.29, 1.82) is 0 Å². The lowest BCUT2D eigenvalue weighted by Gasteiger charge is -2.21. The number of likely N-dealkylation sites (N-methyl/N-ethyl adjacent to an activating group) is 1. The minimum atomic E-state index is -0.884. The van der Waals surface area contributed by atoms with Gasteiger partial charge in [0.1, 0.15) is 5.01 Å². The summed E-state index contributed by atoms with van der Waals surface area (Å²) in [5.41, 5.74) is 3.44. The molecule has 0 aliphatic heterocycles. The second-order valence-electron chi connectivity index (χ2n) is 6.82. The van der Waals surface area contributed by atoms with Crippen molar-refractivity contribution in [2.24, 2.45) is 0 Å². The van der Waals surface area contributed by atoms with E-state index in [1.54, 1.807) is 24.3 Å². The highest BCUT2D eigenvalue weighted by molar-refractivity contribution is 7.13. The summed E-state index contributed by atoms with van der Waals surface area (Å²) in [6.07, 6.45) is 0.0885. The fourth-order valence-electron chi connectivity index (χ4n) is 2.90. The Bertz CT molecular complexity index is 967. The van der Waals surface area contributed by atoms with E-state index in [9.17, 15) is 9.59 Å². The molecule has 1 aromatic heterocycles. The van der Waals surface area contributed by atoms with Gasteiger partial charge in [0.15, 0.2) is 11.8 Å². The molecule has 0 spiro atoms. The molecule has 0 aliphatic rings.